The standard InChI is InChI=1S/C17H22BrNS/c1-4-9-19-16(15-11-17(18)20-13(15)3)10-14-8-6-5-7-12(14)2/h5-8,11,16,19H,4,9-10H2,1-3H3. The maximum Gasteiger partial charge on any atom is 0.0704 e. The maximum absolute atomic E-state index is 3.70. The molecule has 1 aromatic heterocycles. The van der Waals surface area contributed by atoms with Gasteiger partial charge in [0.2, 0.25) is 0 Å². The SMILES string of the molecule is CCCNC(Cc1ccccc1C)c1cc(Br)sc1C. The van der Waals surface area contributed by atoms with E-state index in [-0.39, 0.29) is 0 Å². The molecule has 1 unspecified atom stereocenters. The highest BCUT2D eigenvalue weighted by molar-refractivity contribution is 9.11. The molecule has 20 heavy (non-hydrogen) atoms. The summed E-state index contributed by atoms with van der Waals surface area (Å²) in [6, 6.07) is 11.4. The number of nitrogens with one attached hydrogen (secondary N) is 1. The number of hydrogen-bond donors (Lipinski definition) is 1. The molecule has 0 aliphatic heterocycles. The Morgan fingerprint density at radius 2 is 2.00 bits per heavy atom. The number of rotatable bonds is 6. The van der Waals surface area contributed by atoms with Crippen molar-refractivity contribution in [3.05, 3.63) is 55.7 Å². The molecule has 0 spiro atoms. The van der Waals surface area contributed by atoms with Gasteiger partial charge in [-0.05, 0) is 71.9 Å². The Morgan fingerprint density at radius 3 is 2.60 bits per heavy atom. The number of thiophene rings is 1. The summed E-state index contributed by atoms with van der Waals surface area (Å²) in [5.74, 6) is 0. The predicted octanol–water partition coefficient (Wildman–Crippen LogP) is 5.41. The second kappa shape index (κ2) is 7.39. The molecule has 3 heteroatoms. The molecule has 0 fully saturated rings. The van der Waals surface area contributed by atoms with Crippen LogP contribution >= 0.6 is 27.3 Å². The quantitative estimate of drug-likeness (QED) is 0.733. The molecule has 1 nitrogen and oxygen atoms in total. The molecule has 0 amide bonds. The van der Waals surface area contributed by atoms with E-state index >= 15 is 0 Å². The molecule has 108 valence electrons. The average molecular weight is 352 g/mol. The summed E-state index contributed by atoms with van der Waals surface area (Å²) in [6.45, 7) is 7.68. The third kappa shape index (κ3) is 3.94. The van der Waals surface area contributed by atoms with Crippen LogP contribution in [0.2, 0.25) is 0 Å². The van der Waals surface area contributed by atoms with Gasteiger partial charge in [-0.2, -0.15) is 0 Å². The predicted molar refractivity (Wildman–Crippen MR) is 92.7 cm³/mol. The first-order valence-corrected chi connectivity index (χ1v) is 8.76. The Balaban J connectivity index is 2.24. The smallest absolute Gasteiger partial charge is 0.0704 e. The summed E-state index contributed by atoms with van der Waals surface area (Å²) in [7, 11) is 0. The minimum absolute atomic E-state index is 0.401. The first kappa shape index (κ1) is 15.7. The number of hydrogen-bond acceptors (Lipinski definition) is 2. The molecule has 0 saturated heterocycles. The van der Waals surface area contributed by atoms with E-state index in [0.29, 0.717) is 6.04 Å². The molecule has 1 N–H and O–H groups in total. The lowest BCUT2D eigenvalue weighted by atomic mass is 9.96. The van der Waals surface area contributed by atoms with Gasteiger partial charge < -0.3 is 5.32 Å². The molecule has 1 atom stereocenters. The molecule has 0 bridgehead atoms. The van der Waals surface area contributed by atoms with Crippen LogP contribution in [0.5, 0.6) is 0 Å². The highest BCUT2D eigenvalue weighted by Gasteiger charge is 2.17. The van der Waals surface area contributed by atoms with Crippen molar-refractivity contribution in [2.45, 2.75) is 39.7 Å². The van der Waals surface area contributed by atoms with Gasteiger partial charge in [-0.15, -0.1) is 11.3 Å². The first-order chi connectivity index (χ1) is 9.61. The van der Waals surface area contributed by atoms with Gasteiger partial charge in [0.1, 0.15) is 0 Å². The van der Waals surface area contributed by atoms with Crippen LogP contribution in [-0.2, 0) is 6.42 Å². The molecule has 0 aliphatic carbocycles. The molecule has 0 aliphatic rings. The van der Waals surface area contributed by atoms with Crippen molar-refractivity contribution in [3.8, 4) is 0 Å². The zero-order valence-electron chi connectivity index (χ0n) is 12.4. The molecular weight excluding hydrogens is 330 g/mol. The molecule has 2 rings (SSSR count). The van der Waals surface area contributed by atoms with Crippen molar-refractivity contribution in [2.75, 3.05) is 6.54 Å². The van der Waals surface area contributed by atoms with Crippen LogP contribution in [0.25, 0.3) is 0 Å². The van der Waals surface area contributed by atoms with Crippen LogP contribution in [0, 0.1) is 13.8 Å². The van der Waals surface area contributed by atoms with Gasteiger partial charge in [0.15, 0.2) is 0 Å². The van der Waals surface area contributed by atoms with Gasteiger partial charge in [-0.1, -0.05) is 31.2 Å². The fourth-order valence-corrected chi connectivity index (χ4v) is 4.25. The Kier molecular flexibility index (Phi) is 5.82. The van der Waals surface area contributed by atoms with Crippen LogP contribution < -0.4 is 5.32 Å². The van der Waals surface area contributed by atoms with Crippen molar-refractivity contribution in [3.63, 3.8) is 0 Å². The van der Waals surface area contributed by atoms with Crippen LogP contribution in [0.15, 0.2) is 34.1 Å². The zero-order valence-corrected chi connectivity index (χ0v) is 14.8. The van der Waals surface area contributed by atoms with Crippen LogP contribution in [0.4, 0.5) is 0 Å². The van der Waals surface area contributed by atoms with Crippen LogP contribution in [-0.4, -0.2) is 6.54 Å². The lowest BCUT2D eigenvalue weighted by Crippen LogP contribution is -2.24. The molecule has 0 saturated carbocycles. The summed E-state index contributed by atoms with van der Waals surface area (Å²) in [6.07, 6.45) is 2.21. The van der Waals surface area contributed by atoms with E-state index in [1.54, 1.807) is 0 Å². The van der Waals surface area contributed by atoms with E-state index in [1.165, 1.54) is 25.4 Å². The molecular formula is C17H22BrNS. The summed E-state index contributed by atoms with van der Waals surface area (Å²) < 4.78 is 1.22. The zero-order chi connectivity index (χ0) is 14.5. The first-order valence-electron chi connectivity index (χ1n) is 7.15. The van der Waals surface area contributed by atoms with E-state index < -0.39 is 0 Å². The number of benzene rings is 1. The van der Waals surface area contributed by atoms with Gasteiger partial charge in [0.05, 0.1) is 3.79 Å². The van der Waals surface area contributed by atoms with Gasteiger partial charge in [-0.25, -0.2) is 0 Å². The average Bonchev–Trinajstić information content (AvgIpc) is 2.75. The fourth-order valence-electron chi connectivity index (χ4n) is 2.47. The molecule has 2 aromatic rings. The van der Waals surface area contributed by atoms with Gasteiger partial charge in [0, 0.05) is 10.9 Å². The minimum Gasteiger partial charge on any atom is -0.310 e. The monoisotopic (exact) mass is 351 g/mol. The summed E-state index contributed by atoms with van der Waals surface area (Å²) in [5.41, 5.74) is 4.24. The molecule has 1 aromatic carbocycles. The highest BCUT2D eigenvalue weighted by Crippen LogP contribution is 2.32. The van der Waals surface area contributed by atoms with Gasteiger partial charge >= 0.3 is 0 Å². The Bertz CT molecular complexity index is 562. The number of halogens is 1. The van der Waals surface area contributed by atoms with Crippen molar-refractivity contribution in [2.24, 2.45) is 0 Å². The Morgan fingerprint density at radius 1 is 1.25 bits per heavy atom. The summed E-state index contributed by atoms with van der Waals surface area (Å²) in [4.78, 5) is 1.40. The van der Waals surface area contributed by atoms with E-state index in [1.807, 2.05) is 11.3 Å². The van der Waals surface area contributed by atoms with E-state index in [2.05, 4.69) is 72.3 Å². The third-order valence-corrected chi connectivity index (χ3v) is 5.20. The van der Waals surface area contributed by atoms with E-state index in [4.69, 9.17) is 0 Å². The van der Waals surface area contributed by atoms with E-state index in [9.17, 15) is 0 Å². The van der Waals surface area contributed by atoms with Crippen molar-refractivity contribution in [1.29, 1.82) is 0 Å². The lowest BCUT2D eigenvalue weighted by Gasteiger charge is -2.20. The summed E-state index contributed by atoms with van der Waals surface area (Å²) >= 11 is 5.43. The third-order valence-electron chi connectivity index (χ3n) is 3.63. The maximum atomic E-state index is 3.70. The normalized spacial score (nSPS) is 12.6. The molecule has 1 heterocycles. The van der Waals surface area contributed by atoms with Gasteiger partial charge in [0.25, 0.3) is 0 Å². The number of aryl methyl sites for hydroxylation is 2. The fraction of sp³-hybridized carbons (Fsp3) is 0.412. The van der Waals surface area contributed by atoms with Crippen molar-refractivity contribution in [1.82, 2.24) is 5.32 Å². The van der Waals surface area contributed by atoms with Crippen LogP contribution in [0.1, 0.15) is 41.0 Å². The Labute approximate surface area is 134 Å². The lowest BCUT2D eigenvalue weighted by molar-refractivity contribution is 0.528. The van der Waals surface area contributed by atoms with Crippen molar-refractivity contribution >= 4 is 27.3 Å². The minimum atomic E-state index is 0.401. The van der Waals surface area contributed by atoms with E-state index in [0.717, 1.165) is 19.4 Å². The highest BCUT2D eigenvalue weighted by atomic mass is 79.9. The Hall–Kier alpha value is -0.640. The topological polar surface area (TPSA) is 12.0 Å². The second-order valence-electron chi connectivity index (χ2n) is 5.20. The largest absolute Gasteiger partial charge is 0.310 e. The summed E-state index contributed by atoms with van der Waals surface area (Å²) in [5, 5.41) is 3.70. The molecule has 0 radical (unpaired) electrons. The second-order valence-corrected chi connectivity index (χ2v) is 7.83. The van der Waals surface area contributed by atoms with Gasteiger partial charge in [-0.3, -0.25) is 0 Å². The van der Waals surface area contributed by atoms with Crippen LogP contribution in [0.3, 0.4) is 0 Å². The van der Waals surface area contributed by atoms with Crippen molar-refractivity contribution < 1.29 is 0 Å².